The van der Waals surface area contributed by atoms with E-state index in [1.165, 1.54) is 6.92 Å². The van der Waals surface area contributed by atoms with Gasteiger partial charge in [-0.05, 0) is 11.6 Å². The monoisotopic (exact) mass is 264 g/mol. The molecule has 1 aliphatic rings. The van der Waals surface area contributed by atoms with E-state index < -0.39 is 0 Å². The number of rotatable bonds is 2. The van der Waals surface area contributed by atoms with E-state index in [1.54, 1.807) is 12.1 Å². The molecule has 0 aliphatic carbocycles. The van der Waals surface area contributed by atoms with Crippen molar-refractivity contribution in [2.24, 2.45) is 0 Å². The maximum Gasteiger partial charge on any atom is 0.175 e. The van der Waals surface area contributed by atoms with Crippen LogP contribution in [0.3, 0.4) is 0 Å². The fourth-order valence-corrected chi connectivity index (χ4v) is 2.81. The van der Waals surface area contributed by atoms with E-state index in [4.69, 9.17) is 11.6 Å². The van der Waals surface area contributed by atoms with E-state index >= 15 is 0 Å². The third-order valence-electron chi connectivity index (χ3n) is 3.45. The average molecular weight is 265 g/mol. The van der Waals surface area contributed by atoms with Crippen molar-refractivity contribution < 1.29 is 9.90 Å². The van der Waals surface area contributed by atoms with Crippen molar-refractivity contribution in [2.75, 3.05) is 17.7 Å². The van der Waals surface area contributed by atoms with Gasteiger partial charge in [0.25, 0.3) is 0 Å². The Balaban J connectivity index is 2.33. The van der Waals surface area contributed by atoms with Crippen molar-refractivity contribution in [2.45, 2.75) is 12.8 Å². The van der Waals surface area contributed by atoms with Crippen LogP contribution in [0.2, 0.25) is 0 Å². The van der Waals surface area contributed by atoms with Crippen LogP contribution in [0.4, 0.5) is 5.69 Å². The number of aromatic amines is 1. The summed E-state index contributed by atoms with van der Waals surface area (Å²) >= 11 is 5.97. The highest BCUT2D eigenvalue weighted by Crippen LogP contribution is 2.42. The Labute approximate surface area is 109 Å². The Kier molecular flexibility index (Phi) is 2.48. The number of halogens is 1. The van der Waals surface area contributed by atoms with E-state index in [1.807, 2.05) is 0 Å². The molecule has 18 heavy (non-hydrogen) atoms. The van der Waals surface area contributed by atoms with Crippen LogP contribution >= 0.6 is 11.6 Å². The van der Waals surface area contributed by atoms with Crippen LogP contribution in [-0.4, -0.2) is 28.3 Å². The second-order valence-corrected chi connectivity index (χ2v) is 4.93. The SMILES string of the molecule is CC(=O)c1cc2c3c(cc(O)c2[nH]1)NCC3CCl. The van der Waals surface area contributed by atoms with Gasteiger partial charge in [0.1, 0.15) is 5.75 Å². The van der Waals surface area contributed by atoms with Gasteiger partial charge in [-0.1, -0.05) is 0 Å². The molecule has 1 aromatic carbocycles. The Hall–Kier alpha value is -1.68. The lowest BCUT2D eigenvalue weighted by molar-refractivity contribution is 0.101. The minimum absolute atomic E-state index is 0.0484. The number of phenolic OH excluding ortho intramolecular Hbond substituents is 1. The Morgan fingerprint density at radius 3 is 3.00 bits per heavy atom. The molecule has 0 spiro atoms. The molecule has 0 saturated carbocycles. The number of anilines is 1. The van der Waals surface area contributed by atoms with Crippen LogP contribution in [0.25, 0.3) is 10.9 Å². The molecule has 1 atom stereocenters. The van der Waals surface area contributed by atoms with Crippen LogP contribution in [-0.2, 0) is 0 Å². The van der Waals surface area contributed by atoms with Crippen molar-refractivity contribution in [1.29, 1.82) is 0 Å². The number of hydrogen-bond donors (Lipinski definition) is 3. The van der Waals surface area contributed by atoms with E-state index in [-0.39, 0.29) is 17.5 Å². The van der Waals surface area contributed by atoms with Crippen LogP contribution in [0.5, 0.6) is 5.75 Å². The number of phenols is 1. The largest absolute Gasteiger partial charge is 0.506 e. The van der Waals surface area contributed by atoms with Gasteiger partial charge in [0, 0.05) is 42.4 Å². The molecule has 0 saturated heterocycles. The summed E-state index contributed by atoms with van der Waals surface area (Å²) < 4.78 is 0. The van der Waals surface area contributed by atoms with E-state index in [9.17, 15) is 9.90 Å². The van der Waals surface area contributed by atoms with Gasteiger partial charge in [-0.3, -0.25) is 4.79 Å². The Morgan fingerprint density at radius 2 is 2.33 bits per heavy atom. The second-order valence-electron chi connectivity index (χ2n) is 4.62. The first-order chi connectivity index (χ1) is 8.61. The third kappa shape index (κ3) is 1.49. The predicted octanol–water partition coefficient (Wildman–Crippen LogP) is 2.82. The molecule has 3 rings (SSSR count). The number of Topliss-reactive ketones (excluding diaryl/α,β-unsaturated/α-hetero) is 1. The molecular weight excluding hydrogens is 252 g/mol. The molecule has 5 heteroatoms. The minimum Gasteiger partial charge on any atom is -0.506 e. The molecule has 1 unspecified atom stereocenters. The van der Waals surface area contributed by atoms with Gasteiger partial charge in [0.15, 0.2) is 5.78 Å². The molecule has 1 aliphatic heterocycles. The lowest BCUT2D eigenvalue weighted by atomic mass is 9.98. The number of ketones is 1. The summed E-state index contributed by atoms with van der Waals surface area (Å²) in [5.74, 6) is 0.826. The number of H-pyrrole nitrogens is 1. The van der Waals surface area contributed by atoms with Gasteiger partial charge in [-0.2, -0.15) is 0 Å². The van der Waals surface area contributed by atoms with Gasteiger partial charge in [-0.15, -0.1) is 11.6 Å². The molecule has 4 nitrogen and oxygen atoms in total. The summed E-state index contributed by atoms with van der Waals surface area (Å²) in [6, 6.07) is 3.48. The summed E-state index contributed by atoms with van der Waals surface area (Å²) in [6.45, 7) is 2.26. The molecule has 2 heterocycles. The molecule has 0 fully saturated rings. The highest BCUT2D eigenvalue weighted by atomic mass is 35.5. The molecular formula is C13H13ClN2O2. The summed E-state index contributed by atoms with van der Waals surface area (Å²) in [4.78, 5) is 14.4. The number of carbonyl (C=O) groups excluding carboxylic acids is 1. The number of fused-ring (bicyclic) bond motifs is 3. The summed E-state index contributed by atoms with van der Waals surface area (Å²) in [7, 11) is 0. The molecule has 0 bridgehead atoms. The zero-order chi connectivity index (χ0) is 12.9. The van der Waals surface area contributed by atoms with Crippen molar-refractivity contribution >= 4 is 34.0 Å². The quantitative estimate of drug-likeness (QED) is 0.577. The van der Waals surface area contributed by atoms with Crippen molar-refractivity contribution in [3.05, 3.63) is 23.4 Å². The highest BCUT2D eigenvalue weighted by molar-refractivity contribution is 6.18. The highest BCUT2D eigenvalue weighted by Gasteiger charge is 2.26. The van der Waals surface area contributed by atoms with Crippen LogP contribution in [0, 0.1) is 0 Å². The van der Waals surface area contributed by atoms with Crippen molar-refractivity contribution in [3.8, 4) is 5.75 Å². The van der Waals surface area contributed by atoms with Crippen LogP contribution in [0.1, 0.15) is 28.9 Å². The van der Waals surface area contributed by atoms with Crippen LogP contribution < -0.4 is 5.32 Å². The number of hydrogen-bond acceptors (Lipinski definition) is 3. The predicted molar refractivity (Wildman–Crippen MR) is 71.9 cm³/mol. The van der Waals surface area contributed by atoms with Crippen molar-refractivity contribution in [3.63, 3.8) is 0 Å². The first kappa shape index (κ1) is 11.4. The lowest BCUT2D eigenvalue weighted by Gasteiger charge is -2.07. The van der Waals surface area contributed by atoms with Crippen LogP contribution in [0.15, 0.2) is 12.1 Å². The zero-order valence-electron chi connectivity index (χ0n) is 9.88. The molecule has 0 amide bonds. The first-order valence-electron chi connectivity index (χ1n) is 5.81. The van der Waals surface area contributed by atoms with Gasteiger partial charge < -0.3 is 15.4 Å². The summed E-state index contributed by atoms with van der Waals surface area (Å²) in [6.07, 6.45) is 0. The number of alkyl halides is 1. The summed E-state index contributed by atoms with van der Waals surface area (Å²) in [5, 5.41) is 14.1. The maximum absolute atomic E-state index is 11.4. The minimum atomic E-state index is -0.0484. The number of carbonyl (C=O) groups is 1. The smallest absolute Gasteiger partial charge is 0.175 e. The first-order valence-corrected chi connectivity index (χ1v) is 6.34. The third-order valence-corrected chi connectivity index (χ3v) is 3.82. The maximum atomic E-state index is 11.4. The normalized spacial score (nSPS) is 17.8. The molecule has 1 aromatic heterocycles. The molecule has 0 radical (unpaired) electrons. The average Bonchev–Trinajstić information content (AvgIpc) is 2.91. The van der Waals surface area contributed by atoms with Gasteiger partial charge >= 0.3 is 0 Å². The number of nitrogens with one attached hydrogen (secondary N) is 2. The Morgan fingerprint density at radius 1 is 1.56 bits per heavy atom. The standard InChI is InChI=1S/C13H13ClN2O2/c1-6(17)9-2-8-12-7(4-14)5-15-10(12)3-11(18)13(8)16-9/h2-3,7,15-16,18H,4-5H2,1H3. The lowest BCUT2D eigenvalue weighted by Crippen LogP contribution is -2.02. The van der Waals surface area contributed by atoms with Crippen molar-refractivity contribution in [1.82, 2.24) is 4.98 Å². The summed E-state index contributed by atoms with van der Waals surface area (Å²) in [5.41, 5.74) is 3.10. The Bertz CT molecular complexity index is 648. The molecule has 2 aromatic rings. The zero-order valence-corrected chi connectivity index (χ0v) is 10.6. The van der Waals surface area contributed by atoms with Gasteiger partial charge in [0.05, 0.1) is 11.2 Å². The van der Waals surface area contributed by atoms with E-state index in [0.29, 0.717) is 17.1 Å². The number of benzene rings is 1. The van der Waals surface area contributed by atoms with Gasteiger partial charge in [-0.25, -0.2) is 0 Å². The fourth-order valence-electron chi connectivity index (χ4n) is 2.54. The number of aromatic hydroxyl groups is 1. The van der Waals surface area contributed by atoms with E-state index in [2.05, 4.69) is 10.3 Å². The molecule has 3 N–H and O–H groups in total. The topological polar surface area (TPSA) is 65.1 Å². The number of aromatic nitrogens is 1. The fraction of sp³-hybridized carbons (Fsp3) is 0.308. The molecule has 94 valence electrons. The van der Waals surface area contributed by atoms with Gasteiger partial charge in [0.2, 0.25) is 0 Å². The van der Waals surface area contributed by atoms with E-state index in [0.717, 1.165) is 23.2 Å². The second kappa shape index (κ2) is 3.92.